The minimum absolute atomic E-state index is 0.0219. The summed E-state index contributed by atoms with van der Waals surface area (Å²) >= 11 is 5.27. The summed E-state index contributed by atoms with van der Waals surface area (Å²) in [4.78, 5) is 17.8. The van der Waals surface area contributed by atoms with Gasteiger partial charge in [0.2, 0.25) is 5.28 Å². The quantitative estimate of drug-likeness (QED) is 0.613. The molecule has 0 aliphatic carbocycles. The number of Topliss-reactive ketones (excluding diaryl/α,β-unsaturated/α-hetero) is 1. The highest BCUT2D eigenvalue weighted by molar-refractivity contribution is 6.28. The van der Waals surface area contributed by atoms with Crippen molar-refractivity contribution in [3.8, 4) is 0 Å². The van der Waals surface area contributed by atoms with Gasteiger partial charge in [0.25, 0.3) is 0 Å². The van der Waals surface area contributed by atoms with Crippen LogP contribution in [0, 0.1) is 0 Å². The van der Waals surface area contributed by atoms with Gasteiger partial charge in [-0.25, -0.2) is 9.97 Å². The molecule has 7 heteroatoms. The summed E-state index contributed by atoms with van der Waals surface area (Å²) in [5.74, 6) is -0.633. The second-order valence-corrected chi connectivity index (χ2v) is 3.41. The average molecular weight is 253 g/mol. The SMILES string of the molecule is CCCC(=O)c1cnc(Cl)nc1C(F)(F)F. The Morgan fingerprint density at radius 2 is 2.12 bits per heavy atom. The van der Waals surface area contributed by atoms with Gasteiger partial charge in [-0.05, 0) is 18.0 Å². The van der Waals surface area contributed by atoms with E-state index in [-0.39, 0.29) is 6.42 Å². The number of nitrogens with zero attached hydrogens (tertiary/aromatic N) is 2. The zero-order valence-electron chi connectivity index (χ0n) is 8.31. The molecule has 0 atom stereocenters. The van der Waals surface area contributed by atoms with Gasteiger partial charge in [0, 0.05) is 12.6 Å². The molecule has 0 spiro atoms. The van der Waals surface area contributed by atoms with Crippen molar-refractivity contribution in [2.75, 3.05) is 0 Å². The van der Waals surface area contributed by atoms with Crippen molar-refractivity contribution in [3.05, 3.63) is 22.7 Å². The number of hydrogen-bond donors (Lipinski definition) is 0. The van der Waals surface area contributed by atoms with Gasteiger partial charge in [-0.2, -0.15) is 13.2 Å². The van der Waals surface area contributed by atoms with E-state index in [0.29, 0.717) is 6.42 Å². The number of ketones is 1. The van der Waals surface area contributed by atoms with E-state index in [2.05, 4.69) is 9.97 Å². The minimum Gasteiger partial charge on any atom is -0.294 e. The van der Waals surface area contributed by atoms with Crippen LogP contribution in [0.1, 0.15) is 35.8 Å². The lowest BCUT2D eigenvalue weighted by Crippen LogP contribution is -2.16. The fraction of sp³-hybridized carbons (Fsp3) is 0.444. The van der Waals surface area contributed by atoms with Gasteiger partial charge in [-0.1, -0.05) is 6.92 Å². The van der Waals surface area contributed by atoms with E-state index in [0.717, 1.165) is 6.20 Å². The molecule has 1 rings (SSSR count). The Kier molecular flexibility index (Phi) is 3.85. The third kappa shape index (κ3) is 2.91. The van der Waals surface area contributed by atoms with Crippen LogP contribution in [0.2, 0.25) is 5.28 Å². The number of alkyl halides is 3. The maximum Gasteiger partial charge on any atom is 0.434 e. The number of halogens is 4. The second-order valence-electron chi connectivity index (χ2n) is 3.07. The van der Waals surface area contributed by atoms with Crippen molar-refractivity contribution >= 4 is 17.4 Å². The lowest BCUT2D eigenvalue weighted by molar-refractivity contribution is -0.141. The standard InChI is InChI=1S/C9H8ClF3N2O/c1-2-3-6(16)5-4-14-8(10)15-7(5)9(11,12)13/h4H,2-3H2,1H3. The van der Waals surface area contributed by atoms with Gasteiger partial charge >= 0.3 is 6.18 Å². The number of aromatic nitrogens is 2. The van der Waals surface area contributed by atoms with E-state index >= 15 is 0 Å². The van der Waals surface area contributed by atoms with Crippen LogP contribution in [-0.4, -0.2) is 15.8 Å². The Labute approximate surface area is 94.7 Å². The van der Waals surface area contributed by atoms with Crippen LogP contribution in [0.5, 0.6) is 0 Å². The molecule has 0 aromatic carbocycles. The number of carbonyl (C=O) groups excluding carboxylic acids is 1. The molecule has 1 aromatic rings. The van der Waals surface area contributed by atoms with Crippen molar-refractivity contribution < 1.29 is 18.0 Å². The molecule has 0 saturated heterocycles. The minimum atomic E-state index is -4.70. The normalized spacial score (nSPS) is 11.6. The maximum atomic E-state index is 12.5. The van der Waals surface area contributed by atoms with E-state index in [1.54, 1.807) is 6.92 Å². The fourth-order valence-corrected chi connectivity index (χ4v) is 1.28. The Morgan fingerprint density at radius 3 is 2.62 bits per heavy atom. The first-order chi connectivity index (χ1) is 7.36. The van der Waals surface area contributed by atoms with Crippen LogP contribution in [-0.2, 0) is 6.18 Å². The molecule has 0 amide bonds. The summed E-state index contributed by atoms with van der Waals surface area (Å²) in [6.07, 6.45) is -3.41. The highest BCUT2D eigenvalue weighted by Gasteiger charge is 2.37. The first-order valence-electron chi connectivity index (χ1n) is 4.49. The van der Waals surface area contributed by atoms with Gasteiger partial charge in [0.05, 0.1) is 5.56 Å². The summed E-state index contributed by atoms with van der Waals surface area (Å²) < 4.78 is 37.6. The van der Waals surface area contributed by atoms with Crippen LogP contribution < -0.4 is 0 Å². The first kappa shape index (κ1) is 12.9. The summed E-state index contributed by atoms with van der Waals surface area (Å²) in [5.41, 5.74) is -1.80. The van der Waals surface area contributed by atoms with Gasteiger partial charge in [0.1, 0.15) is 0 Å². The number of hydrogen-bond acceptors (Lipinski definition) is 3. The molecule has 0 unspecified atom stereocenters. The predicted octanol–water partition coefficient (Wildman–Crippen LogP) is 3.13. The molecule has 16 heavy (non-hydrogen) atoms. The van der Waals surface area contributed by atoms with Crippen molar-refractivity contribution in [1.82, 2.24) is 9.97 Å². The third-order valence-electron chi connectivity index (χ3n) is 1.81. The van der Waals surface area contributed by atoms with Crippen molar-refractivity contribution in [3.63, 3.8) is 0 Å². The molecule has 0 aliphatic heterocycles. The monoisotopic (exact) mass is 252 g/mol. The molecule has 0 N–H and O–H groups in total. The molecule has 0 fully saturated rings. The molecule has 1 heterocycles. The van der Waals surface area contributed by atoms with Gasteiger partial charge in [0.15, 0.2) is 11.5 Å². The Morgan fingerprint density at radius 1 is 1.50 bits per heavy atom. The van der Waals surface area contributed by atoms with E-state index in [1.807, 2.05) is 0 Å². The smallest absolute Gasteiger partial charge is 0.294 e. The van der Waals surface area contributed by atoms with Crippen LogP contribution >= 0.6 is 11.6 Å². The molecular formula is C9H8ClF3N2O. The molecule has 0 aliphatic rings. The third-order valence-corrected chi connectivity index (χ3v) is 1.99. The summed E-state index contributed by atoms with van der Waals surface area (Å²) in [7, 11) is 0. The molecule has 0 bridgehead atoms. The van der Waals surface area contributed by atoms with E-state index in [1.165, 1.54) is 0 Å². The largest absolute Gasteiger partial charge is 0.434 e. The predicted molar refractivity (Wildman–Crippen MR) is 51.3 cm³/mol. The van der Waals surface area contributed by atoms with E-state index in [4.69, 9.17) is 11.6 Å². The molecule has 0 saturated carbocycles. The highest BCUT2D eigenvalue weighted by atomic mass is 35.5. The van der Waals surface area contributed by atoms with Crippen LogP contribution in [0.25, 0.3) is 0 Å². The molecule has 0 radical (unpaired) electrons. The molecular weight excluding hydrogens is 245 g/mol. The van der Waals surface area contributed by atoms with E-state index < -0.39 is 28.5 Å². The number of rotatable bonds is 3. The van der Waals surface area contributed by atoms with Crippen LogP contribution in [0.3, 0.4) is 0 Å². The topological polar surface area (TPSA) is 42.9 Å². The Balaban J connectivity index is 3.23. The van der Waals surface area contributed by atoms with E-state index in [9.17, 15) is 18.0 Å². The van der Waals surface area contributed by atoms with Gasteiger partial charge in [-0.3, -0.25) is 4.79 Å². The summed E-state index contributed by atoms with van der Waals surface area (Å²) in [6, 6.07) is 0. The molecule has 88 valence electrons. The fourth-order valence-electron chi connectivity index (χ4n) is 1.14. The van der Waals surface area contributed by atoms with Crippen LogP contribution in [0.4, 0.5) is 13.2 Å². The highest BCUT2D eigenvalue weighted by Crippen LogP contribution is 2.31. The second kappa shape index (κ2) is 4.78. The van der Waals surface area contributed by atoms with Crippen molar-refractivity contribution in [2.45, 2.75) is 25.9 Å². The zero-order chi connectivity index (χ0) is 12.3. The maximum absolute atomic E-state index is 12.5. The van der Waals surface area contributed by atoms with Crippen molar-refractivity contribution in [2.24, 2.45) is 0 Å². The zero-order valence-corrected chi connectivity index (χ0v) is 9.06. The average Bonchev–Trinajstić information content (AvgIpc) is 2.16. The number of carbonyl (C=O) groups is 1. The Bertz CT molecular complexity index is 406. The Hall–Kier alpha value is -1.17. The first-order valence-corrected chi connectivity index (χ1v) is 4.87. The lowest BCUT2D eigenvalue weighted by Gasteiger charge is -2.10. The molecule has 3 nitrogen and oxygen atoms in total. The van der Waals surface area contributed by atoms with Crippen molar-refractivity contribution in [1.29, 1.82) is 0 Å². The summed E-state index contributed by atoms with van der Waals surface area (Å²) in [6.45, 7) is 1.70. The lowest BCUT2D eigenvalue weighted by atomic mass is 10.1. The molecule has 1 aromatic heterocycles. The van der Waals surface area contributed by atoms with Gasteiger partial charge in [-0.15, -0.1) is 0 Å². The van der Waals surface area contributed by atoms with Crippen LogP contribution in [0.15, 0.2) is 6.20 Å². The summed E-state index contributed by atoms with van der Waals surface area (Å²) in [5, 5.41) is -0.527. The van der Waals surface area contributed by atoms with Gasteiger partial charge < -0.3 is 0 Å².